The van der Waals surface area contributed by atoms with Gasteiger partial charge in [0.25, 0.3) is 0 Å². The van der Waals surface area contributed by atoms with Gasteiger partial charge in [-0.3, -0.25) is 4.90 Å². The molecule has 2 atom stereocenters. The third-order valence-corrected chi connectivity index (χ3v) is 4.71. The summed E-state index contributed by atoms with van der Waals surface area (Å²) >= 11 is 7.56. The molecular formula is C15H18ClNO4S. The second-order valence-corrected chi connectivity index (χ2v) is 7.47. The van der Waals surface area contributed by atoms with Gasteiger partial charge in [0.2, 0.25) is 0 Å². The van der Waals surface area contributed by atoms with Crippen LogP contribution in [0, 0.1) is 0 Å². The van der Waals surface area contributed by atoms with Crippen molar-refractivity contribution in [1.82, 2.24) is 4.90 Å². The number of hydrogen-bond donors (Lipinski definition) is 1. The number of amides is 1. The lowest BCUT2D eigenvalue weighted by molar-refractivity contribution is -0.142. The Hall–Kier alpha value is -1.40. The maximum atomic E-state index is 12.5. The molecule has 1 heterocycles. The average molecular weight is 344 g/mol. The van der Waals surface area contributed by atoms with Gasteiger partial charge in [0.1, 0.15) is 17.0 Å². The number of halogens is 1. The third kappa shape index (κ3) is 3.67. The van der Waals surface area contributed by atoms with Gasteiger partial charge < -0.3 is 9.84 Å². The summed E-state index contributed by atoms with van der Waals surface area (Å²) < 4.78 is 5.36. The number of aliphatic carboxylic acids is 1. The lowest BCUT2D eigenvalue weighted by atomic mass is 10.1. The SMILES string of the molecule is CC(C)(C)OC(=O)N1[C@@H](c2ccccc2Cl)SC[C@H]1C(=O)O. The minimum absolute atomic E-state index is 0.296. The molecule has 0 saturated carbocycles. The van der Waals surface area contributed by atoms with Gasteiger partial charge in [-0.2, -0.15) is 0 Å². The van der Waals surface area contributed by atoms with Crippen molar-refractivity contribution in [3.63, 3.8) is 0 Å². The van der Waals surface area contributed by atoms with E-state index in [9.17, 15) is 14.7 Å². The average Bonchev–Trinajstić information content (AvgIpc) is 2.82. The van der Waals surface area contributed by atoms with Gasteiger partial charge in [0.05, 0.1) is 0 Å². The molecule has 0 aromatic heterocycles. The van der Waals surface area contributed by atoms with Gasteiger partial charge in [-0.25, -0.2) is 9.59 Å². The summed E-state index contributed by atoms with van der Waals surface area (Å²) in [5, 5.41) is 9.40. The first-order valence-electron chi connectivity index (χ1n) is 6.81. The van der Waals surface area contributed by atoms with Crippen molar-refractivity contribution in [1.29, 1.82) is 0 Å². The quantitative estimate of drug-likeness (QED) is 0.885. The van der Waals surface area contributed by atoms with Gasteiger partial charge in [0, 0.05) is 16.3 Å². The number of carbonyl (C=O) groups is 2. The number of hydrogen-bond acceptors (Lipinski definition) is 4. The van der Waals surface area contributed by atoms with Crippen LogP contribution in [0.15, 0.2) is 24.3 Å². The molecule has 1 aliphatic rings. The highest BCUT2D eigenvalue weighted by Crippen LogP contribution is 2.44. The van der Waals surface area contributed by atoms with Crippen molar-refractivity contribution in [2.24, 2.45) is 0 Å². The van der Waals surface area contributed by atoms with Crippen LogP contribution in [0.1, 0.15) is 31.7 Å². The summed E-state index contributed by atoms with van der Waals surface area (Å²) in [6.07, 6.45) is -0.644. The fourth-order valence-electron chi connectivity index (χ4n) is 2.15. The maximum Gasteiger partial charge on any atom is 0.412 e. The van der Waals surface area contributed by atoms with Gasteiger partial charge in [-0.15, -0.1) is 11.8 Å². The zero-order valence-electron chi connectivity index (χ0n) is 12.6. The van der Waals surface area contributed by atoms with E-state index in [2.05, 4.69) is 0 Å². The minimum Gasteiger partial charge on any atom is -0.480 e. The summed E-state index contributed by atoms with van der Waals surface area (Å²) in [5.74, 6) is -0.752. The van der Waals surface area contributed by atoms with Gasteiger partial charge in [-0.05, 0) is 26.8 Å². The van der Waals surface area contributed by atoms with Crippen LogP contribution in [0.2, 0.25) is 5.02 Å². The van der Waals surface area contributed by atoms with Gasteiger partial charge in [0.15, 0.2) is 0 Å². The molecule has 1 amide bonds. The van der Waals surface area contributed by atoms with E-state index in [4.69, 9.17) is 16.3 Å². The molecule has 7 heteroatoms. The summed E-state index contributed by atoms with van der Waals surface area (Å²) in [6.45, 7) is 5.23. The van der Waals surface area contributed by atoms with Gasteiger partial charge >= 0.3 is 12.1 Å². The second kappa shape index (κ2) is 6.38. The zero-order valence-corrected chi connectivity index (χ0v) is 14.1. The Morgan fingerprint density at radius 2 is 2.00 bits per heavy atom. The lowest BCUT2D eigenvalue weighted by Crippen LogP contribution is -2.45. The molecule has 120 valence electrons. The predicted octanol–water partition coefficient (Wildman–Crippen LogP) is 3.78. The molecule has 22 heavy (non-hydrogen) atoms. The first kappa shape index (κ1) is 17.0. The van der Waals surface area contributed by atoms with Crippen LogP contribution in [0.5, 0.6) is 0 Å². The summed E-state index contributed by atoms with van der Waals surface area (Å²) in [5.41, 5.74) is 0.0158. The van der Waals surface area contributed by atoms with Crippen molar-refractivity contribution >= 4 is 35.4 Å². The number of carbonyl (C=O) groups excluding carboxylic acids is 1. The highest BCUT2D eigenvalue weighted by atomic mass is 35.5. The lowest BCUT2D eigenvalue weighted by Gasteiger charge is -2.30. The maximum absolute atomic E-state index is 12.5. The molecule has 1 saturated heterocycles. The third-order valence-electron chi connectivity index (χ3n) is 3.06. The fourth-order valence-corrected chi connectivity index (χ4v) is 3.90. The van der Waals surface area contributed by atoms with Crippen LogP contribution in [0.25, 0.3) is 0 Å². The minimum atomic E-state index is -1.05. The van der Waals surface area contributed by atoms with Crippen molar-refractivity contribution in [3.05, 3.63) is 34.9 Å². The van der Waals surface area contributed by atoms with Crippen LogP contribution >= 0.6 is 23.4 Å². The molecule has 1 fully saturated rings. The van der Waals surface area contributed by atoms with Crippen LogP contribution < -0.4 is 0 Å². The van der Waals surface area contributed by atoms with E-state index >= 15 is 0 Å². The molecule has 1 N–H and O–H groups in total. The number of rotatable bonds is 2. The number of thioether (sulfide) groups is 1. The topological polar surface area (TPSA) is 66.8 Å². The molecule has 5 nitrogen and oxygen atoms in total. The monoisotopic (exact) mass is 343 g/mol. The van der Waals surface area contributed by atoms with Crippen molar-refractivity contribution in [3.8, 4) is 0 Å². The Labute approximate surface area is 138 Å². The first-order chi connectivity index (χ1) is 10.2. The van der Waals surface area contributed by atoms with Crippen LogP contribution in [0.3, 0.4) is 0 Å². The van der Waals surface area contributed by atoms with E-state index in [1.54, 1.807) is 39.0 Å². The first-order valence-corrected chi connectivity index (χ1v) is 8.23. The molecule has 0 unspecified atom stereocenters. The smallest absolute Gasteiger partial charge is 0.412 e. The number of carboxylic acid groups (broad SMARTS) is 1. The number of ether oxygens (including phenoxy) is 1. The van der Waals surface area contributed by atoms with E-state index in [1.165, 1.54) is 16.7 Å². The van der Waals surface area contributed by atoms with Crippen molar-refractivity contribution in [2.75, 3.05) is 5.75 Å². The van der Waals surface area contributed by atoms with Crippen molar-refractivity contribution < 1.29 is 19.4 Å². The Balaban J connectivity index is 2.35. The summed E-state index contributed by atoms with van der Waals surface area (Å²) in [7, 11) is 0. The van der Waals surface area contributed by atoms with E-state index in [0.29, 0.717) is 16.3 Å². The normalized spacial score (nSPS) is 21.7. The molecule has 0 bridgehead atoms. The van der Waals surface area contributed by atoms with Crippen LogP contribution in [-0.4, -0.2) is 39.5 Å². The fraction of sp³-hybridized carbons (Fsp3) is 0.467. The Kier molecular flexibility index (Phi) is 4.92. The molecule has 0 aliphatic carbocycles. The molecular weight excluding hydrogens is 326 g/mol. The second-order valence-electron chi connectivity index (χ2n) is 5.95. The molecule has 1 aliphatic heterocycles. The predicted molar refractivity (Wildman–Crippen MR) is 86.1 cm³/mol. The summed E-state index contributed by atoms with van der Waals surface area (Å²) in [6, 6.07) is 6.18. The van der Waals surface area contributed by atoms with E-state index in [-0.39, 0.29) is 0 Å². The summed E-state index contributed by atoms with van der Waals surface area (Å²) in [4.78, 5) is 25.2. The molecule has 1 aromatic carbocycles. The van der Waals surface area contributed by atoms with Crippen molar-refractivity contribution in [2.45, 2.75) is 37.8 Å². The Morgan fingerprint density at radius 1 is 1.36 bits per heavy atom. The van der Waals surface area contributed by atoms with Gasteiger partial charge in [-0.1, -0.05) is 29.8 Å². The van der Waals surface area contributed by atoms with E-state index in [1.807, 2.05) is 6.07 Å². The molecule has 0 radical (unpaired) electrons. The van der Waals surface area contributed by atoms with E-state index < -0.39 is 29.1 Å². The van der Waals surface area contributed by atoms with Crippen LogP contribution in [-0.2, 0) is 9.53 Å². The highest BCUT2D eigenvalue weighted by molar-refractivity contribution is 7.99. The standard InChI is InChI=1S/C15H18ClNO4S/c1-15(2,3)21-14(20)17-11(13(18)19)8-22-12(17)9-6-4-5-7-10(9)16/h4-7,11-12H,8H2,1-3H3,(H,18,19)/t11-,12+/m0/s1. The number of benzene rings is 1. The van der Waals surface area contributed by atoms with E-state index in [0.717, 1.165) is 0 Å². The largest absolute Gasteiger partial charge is 0.480 e. The Morgan fingerprint density at radius 3 is 2.55 bits per heavy atom. The Bertz CT molecular complexity index is 587. The molecule has 2 rings (SSSR count). The molecule has 0 spiro atoms. The number of nitrogens with zero attached hydrogens (tertiary/aromatic N) is 1. The molecule has 1 aromatic rings. The highest BCUT2D eigenvalue weighted by Gasteiger charge is 2.44. The number of carboxylic acids is 1. The van der Waals surface area contributed by atoms with Crippen LogP contribution in [0.4, 0.5) is 4.79 Å². The zero-order chi connectivity index (χ0) is 16.5.